The first kappa shape index (κ1) is 15.7. The van der Waals surface area contributed by atoms with Gasteiger partial charge in [0.25, 0.3) is 0 Å². The summed E-state index contributed by atoms with van der Waals surface area (Å²) in [7, 11) is 4.10. The fraction of sp³-hybridized carbons (Fsp3) is 0.562. The minimum Gasteiger partial charge on any atom is -0.341 e. The topological polar surface area (TPSA) is 62.9 Å². The molecule has 2 aromatic rings. The summed E-state index contributed by atoms with van der Waals surface area (Å²) < 4.78 is 2.87. The number of carbonyl (C=O) groups excluding carboxylic acids is 1. The van der Waals surface area contributed by atoms with Crippen molar-refractivity contribution in [3.8, 4) is 0 Å². The van der Waals surface area contributed by atoms with E-state index in [-0.39, 0.29) is 11.6 Å². The first-order valence-corrected chi connectivity index (χ1v) is 8.04. The van der Waals surface area contributed by atoms with Crippen molar-refractivity contribution in [1.82, 2.24) is 24.0 Å². The summed E-state index contributed by atoms with van der Waals surface area (Å²) in [6, 6.07) is 5.84. The molecule has 0 spiro atoms. The summed E-state index contributed by atoms with van der Waals surface area (Å²) >= 11 is 0. The van der Waals surface area contributed by atoms with Crippen LogP contribution in [0.2, 0.25) is 0 Å². The second-order valence-corrected chi connectivity index (χ2v) is 6.28. The van der Waals surface area contributed by atoms with Crippen LogP contribution in [0.15, 0.2) is 29.2 Å². The van der Waals surface area contributed by atoms with Gasteiger partial charge < -0.3 is 9.80 Å². The molecule has 0 bridgehead atoms. The van der Waals surface area contributed by atoms with Gasteiger partial charge in [0.1, 0.15) is 0 Å². The predicted molar refractivity (Wildman–Crippen MR) is 87.4 cm³/mol. The van der Waals surface area contributed by atoms with Crippen LogP contribution >= 0.6 is 0 Å². The molecule has 1 amide bonds. The van der Waals surface area contributed by atoms with Gasteiger partial charge in [0.2, 0.25) is 5.91 Å². The lowest BCUT2D eigenvalue weighted by Gasteiger charge is -2.36. The zero-order chi connectivity index (χ0) is 16.4. The molecule has 7 nitrogen and oxygen atoms in total. The van der Waals surface area contributed by atoms with E-state index in [2.05, 4.69) is 24.1 Å². The van der Waals surface area contributed by atoms with Crippen LogP contribution in [-0.4, -0.2) is 63.1 Å². The summed E-state index contributed by atoms with van der Waals surface area (Å²) in [4.78, 5) is 28.7. The molecule has 1 aliphatic rings. The standard InChI is InChI=1S/C16H23N5O2/c1-18(2)13-6-5-9-19(12-13)15(22)8-11-21-16(23)20-10-4-3-7-14(20)17-21/h3-4,7,10,13H,5-6,8-9,11-12H2,1-2H3. The molecular weight excluding hydrogens is 294 g/mol. The number of hydrogen-bond acceptors (Lipinski definition) is 4. The number of likely N-dealkylation sites (N-methyl/N-ethyl adjacent to an activating group) is 1. The molecule has 1 saturated heterocycles. The van der Waals surface area contributed by atoms with E-state index in [9.17, 15) is 9.59 Å². The number of aryl methyl sites for hydroxylation is 1. The lowest BCUT2D eigenvalue weighted by Crippen LogP contribution is -2.47. The summed E-state index contributed by atoms with van der Waals surface area (Å²) in [5.74, 6) is 0.0977. The number of piperidine rings is 1. The molecule has 3 heterocycles. The van der Waals surface area contributed by atoms with E-state index < -0.39 is 0 Å². The summed E-state index contributed by atoms with van der Waals surface area (Å²) in [6.07, 6.45) is 4.16. The molecule has 23 heavy (non-hydrogen) atoms. The largest absolute Gasteiger partial charge is 0.350 e. The first-order chi connectivity index (χ1) is 11.1. The van der Waals surface area contributed by atoms with Gasteiger partial charge in [0.15, 0.2) is 5.65 Å². The minimum atomic E-state index is -0.196. The number of nitrogens with zero attached hydrogens (tertiary/aromatic N) is 5. The van der Waals surface area contributed by atoms with Crippen molar-refractivity contribution in [2.24, 2.45) is 0 Å². The molecule has 1 unspecified atom stereocenters. The SMILES string of the molecule is CN(C)C1CCCN(C(=O)CCn2nc3ccccn3c2=O)C1. The van der Waals surface area contributed by atoms with Crippen molar-refractivity contribution in [1.29, 1.82) is 0 Å². The molecule has 124 valence electrons. The van der Waals surface area contributed by atoms with Crippen LogP contribution in [0.4, 0.5) is 0 Å². The highest BCUT2D eigenvalue weighted by Gasteiger charge is 2.24. The third-order valence-electron chi connectivity index (χ3n) is 4.51. The fourth-order valence-electron chi connectivity index (χ4n) is 3.08. The molecule has 0 N–H and O–H groups in total. The highest BCUT2D eigenvalue weighted by molar-refractivity contribution is 5.76. The third kappa shape index (κ3) is 3.29. The summed E-state index contributed by atoms with van der Waals surface area (Å²) in [5.41, 5.74) is 0.411. The number of rotatable bonds is 4. The van der Waals surface area contributed by atoms with Crippen LogP contribution in [-0.2, 0) is 11.3 Å². The molecule has 3 rings (SSSR count). The number of aromatic nitrogens is 3. The lowest BCUT2D eigenvalue weighted by atomic mass is 10.0. The van der Waals surface area contributed by atoms with Gasteiger partial charge in [-0.1, -0.05) is 6.07 Å². The van der Waals surface area contributed by atoms with E-state index in [0.717, 1.165) is 25.9 Å². The Balaban J connectivity index is 1.64. The maximum absolute atomic E-state index is 12.4. The smallest absolute Gasteiger partial charge is 0.341 e. The van der Waals surface area contributed by atoms with Gasteiger partial charge in [0, 0.05) is 31.7 Å². The van der Waals surface area contributed by atoms with Crippen LogP contribution in [0.5, 0.6) is 0 Å². The highest BCUT2D eigenvalue weighted by atomic mass is 16.2. The van der Waals surface area contributed by atoms with Crippen molar-refractivity contribution in [3.63, 3.8) is 0 Å². The molecule has 0 radical (unpaired) electrons. The quantitative estimate of drug-likeness (QED) is 0.821. The van der Waals surface area contributed by atoms with E-state index >= 15 is 0 Å². The lowest BCUT2D eigenvalue weighted by molar-refractivity contribution is -0.133. The Morgan fingerprint density at radius 3 is 2.96 bits per heavy atom. The average molecular weight is 317 g/mol. The molecule has 1 aliphatic heterocycles. The maximum Gasteiger partial charge on any atom is 0.350 e. The Morgan fingerprint density at radius 2 is 2.22 bits per heavy atom. The Bertz CT molecular complexity index is 748. The second-order valence-electron chi connectivity index (χ2n) is 6.28. The Hall–Kier alpha value is -2.15. The molecule has 1 fully saturated rings. The van der Waals surface area contributed by atoms with Crippen LogP contribution in [0.3, 0.4) is 0 Å². The Morgan fingerprint density at radius 1 is 1.39 bits per heavy atom. The zero-order valence-corrected chi connectivity index (χ0v) is 13.7. The Kier molecular flexibility index (Phi) is 4.47. The predicted octanol–water partition coefficient (Wildman–Crippen LogP) is 0.439. The zero-order valence-electron chi connectivity index (χ0n) is 13.7. The molecular formula is C16H23N5O2. The van der Waals surface area contributed by atoms with E-state index in [1.807, 2.05) is 11.0 Å². The van der Waals surface area contributed by atoms with E-state index in [1.54, 1.807) is 18.3 Å². The number of fused-ring (bicyclic) bond motifs is 1. The van der Waals surface area contributed by atoms with E-state index in [1.165, 1.54) is 9.08 Å². The molecule has 7 heteroatoms. The number of amides is 1. The first-order valence-electron chi connectivity index (χ1n) is 8.04. The summed E-state index contributed by atoms with van der Waals surface area (Å²) in [5, 5.41) is 4.26. The van der Waals surface area contributed by atoms with Gasteiger partial charge in [0.05, 0.1) is 6.54 Å². The molecule has 0 saturated carbocycles. The van der Waals surface area contributed by atoms with Crippen LogP contribution in [0.1, 0.15) is 19.3 Å². The van der Waals surface area contributed by atoms with E-state index in [4.69, 9.17) is 0 Å². The van der Waals surface area contributed by atoms with Crippen LogP contribution in [0, 0.1) is 0 Å². The minimum absolute atomic E-state index is 0.0977. The van der Waals surface area contributed by atoms with Crippen molar-refractivity contribution in [2.75, 3.05) is 27.2 Å². The molecule has 2 aromatic heterocycles. The van der Waals surface area contributed by atoms with Gasteiger partial charge in [-0.05, 0) is 39.1 Å². The van der Waals surface area contributed by atoms with E-state index in [0.29, 0.717) is 24.7 Å². The van der Waals surface area contributed by atoms with Crippen LogP contribution < -0.4 is 5.69 Å². The van der Waals surface area contributed by atoms with Gasteiger partial charge in [-0.2, -0.15) is 0 Å². The molecule has 0 aliphatic carbocycles. The van der Waals surface area contributed by atoms with Crippen LogP contribution in [0.25, 0.3) is 5.65 Å². The third-order valence-corrected chi connectivity index (χ3v) is 4.51. The number of carbonyl (C=O) groups is 1. The van der Waals surface area contributed by atoms with Gasteiger partial charge >= 0.3 is 5.69 Å². The normalized spacial score (nSPS) is 18.7. The number of pyridine rings is 1. The highest BCUT2D eigenvalue weighted by Crippen LogP contribution is 2.14. The summed E-state index contributed by atoms with van der Waals surface area (Å²) in [6.45, 7) is 1.90. The van der Waals surface area contributed by atoms with Gasteiger partial charge in [-0.15, -0.1) is 5.10 Å². The van der Waals surface area contributed by atoms with Gasteiger partial charge in [-0.3, -0.25) is 9.20 Å². The van der Waals surface area contributed by atoms with Crippen molar-refractivity contribution >= 4 is 11.6 Å². The van der Waals surface area contributed by atoms with Crippen molar-refractivity contribution in [3.05, 3.63) is 34.9 Å². The molecule has 0 aromatic carbocycles. The van der Waals surface area contributed by atoms with Gasteiger partial charge in [-0.25, -0.2) is 9.48 Å². The van der Waals surface area contributed by atoms with Crippen molar-refractivity contribution < 1.29 is 4.79 Å². The number of hydrogen-bond donors (Lipinski definition) is 0. The molecule has 1 atom stereocenters. The monoisotopic (exact) mass is 317 g/mol. The van der Waals surface area contributed by atoms with Crippen molar-refractivity contribution in [2.45, 2.75) is 31.8 Å². The Labute approximate surface area is 135 Å². The number of likely N-dealkylation sites (tertiary alicyclic amines) is 1. The maximum atomic E-state index is 12.4. The fourth-order valence-corrected chi connectivity index (χ4v) is 3.08. The second kappa shape index (κ2) is 6.54. The average Bonchev–Trinajstić information content (AvgIpc) is 2.89.